The van der Waals surface area contributed by atoms with Crippen molar-refractivity contribution in [3.05, 3.63) is 22.7 Å². The zero-order valence-corrected chi connectivity index (χ0v) is 11.7. The fraction of sp³-hybridized carbons (Fsp3) is 0.462. The molecule has 1 aromatic rings. The molecule has 0 N–H and O–H groups in total. The summed E-state index contributed by atoms with van der Waals surface area (Å²) in [4.78, 5) is 13.9. The molecular weight excluding hydrogens is 282 g/mol. The maximum atomic E-state index is 12.1. The van der Waals surface area contributed by atoms with Crippen LogP contribution in [-0.4, -0.2) is 19.1 Å². The van der Waals surface area contributed by atoms with E-state index >= 15 is 0 Å². The van der Waals surface area contributed by atoms with Gasteiger partial charge < -0.3 is 9.64 Å². The number of fused-ring (bicyclic) bond motifs is 1. The molecule has 0 radical (unpaired) electrons. The Morgan fingerprint density at radius 1 is 1.53 bits per heavy atom. The lowest BCUT2D eigenvalue weighted by Crippen LogP contribution is -2.38. The van der Waals surface area contributed by atoms with E-state index in [1.165, 1.54) is 0 Å². The van der Waals surface area contributed by atoms with Crippen molar-refractivity contribution >= 4 is 27.5 Å². The Bertz CT molecular complexity index is 431. The van der Waals surface area contributed by atoms with Crippen LogP contribution < -0.4 is 9.64 Å². The van der Waals surface area contributed by atoms with Gasteiger partial charge in [-0.05, 0) is 24.1 Å². The first-order chi connectivity index (χ1) is 8.08. The van der Waals surface area contributed by atoms with Crippen LogP contribution in [0.3, 0.4) is 0 Å². The van der Waals surface area contributed by atoms with E-state index in [9.17, 15) is 4.79 Å². The van der Waals surface area contributed by atoms with E-state index in [2.05, 4.69) is 29.8 Å². The molecule has 0 aromatic heterocycles. The molecule has 0 bridgehead atoms. The van der Waals surface area contributed by atoms with Gasteiger partial charge in [0.1, 0.15) is 12.4 Å². The van der Waals surface area contributed by atoms with Crippen molar-refractivity contribution in [3.63, 3.8) is 0 Å². The van der Waals surface area contributed by atoms with E-state index in [1.807, 2.05) is 23.1 Å². The largest absolute Gasteiger partial charge is 0.489 e. The van der Waals surface area contributed by atoms with Crippen LogP contribution in [0.4, 0.5) is 5.69 Å². The zero-order valence-electron chi connectivity index (χ0n) is 10.1. The predicted octanol–water partition coefficient (Wildman–Crippen LogP) is 3.22. The molecule has 92 valence electrons. The lowest BCUT2D eigenvalue weighted by molar-refractivity contribution is -0.119. The van der Waals surface area contributed by atoms with Crippen molar-refractivity contribution in [1.82, 2.24) is 0 Å². The summed E-state index contributed by atoms with van der Waals surface area (Å²) in [5.74, 6) is 1.33. The molecule has 0 atom stereocenters. The number of halogens is 1. The molecule has 1 amide bonds. The molecule has 0 fully saturated rings. The first kappa shape index (κ1) is 12.4. The van der Waals surface area contributed by atoms with E-state index in [0.717, 1.165) is 15.9 Å². The van der Waals surface area contributed by atoms with Gasteiger partial charge in [-0.1, -0.05) is 29.8 Å². The number of hydrogen-bond donors (Lipinski definition) is 0. The summed E-state index contributed by atoms with van der Waals surface area (Å²) in [6.07, 6.45) is 0.579. The average Bonchev–Trinajstić information content (AvgIpc) is 2.26. The molecule has 2 rings (SSSR count). The minimum Gasteiger partial charge on any atom is -0.489 e. The Morgan fingerprint density at radius 2 is 2.29 bits per heavy atom. The maximum Gasteiger partial charge on any atom is 0.227 e. The smallest absolute Gasteiger partial charge is 0.227 e. The summed E-state index contributed by atoms with van der Waals surface area (Å²) in [7, 11) is 0. The molecule has 0 saturated carbocycles. The Balaban J connectivity index is 2.25. The monoisotopic (exact) mass is 297 g/mol. The second-order valence-electron chi connectivity index (χ2n) is 4.60. The molecule has 0 saturated heterocycles. The highest BCUT2D eigenvalue weighted by molar-refractivity contribution is 9.10. The number of anilines is 1. The van der Waals surface area contributed by atoms with E-state index < -0.39 is 0 Å². The summed E-state index contributed by atoms with van der Waals surface area (Å²) in [6, 6.07) is 5.77. The van der Waals surface area contributed by atoms with Gasteiger partial charge in [-0.2, -0.15) is 0 Å². The lowest BCUT2D eigenvalue weighted by atomic mass is 10.1. The number of carbonyl (C=O) groups excluding carboxylic acids is 1. The minimum atomic E-state index is 0.173. The van der Waals surface area contributed by atoms with Gasteiger partial charge in [-0.3, -0.25) is 4.79 Å². The lowest BCUT2D eigenvalue weighted by Gasteiger charge is -2.30. The van der Waals surface area contributed by atoms with Crippen molar-refractivity contribution in [2.24, 2.45) is 5.92 Å². The fourth-order valence-corrected chi connectivity index (χ4v) is 2.25. The second-order valence-corrected chi connectivity index (χ2v) is 5.52. The van der Waals surface area contributed by atoms with Crippen molar-refractivity contribution in [1.29, 1.82) is 0 Å². The van der Waals surface area contributed by atoms with Gasteiger partial charge in [0.2, 0.25) is 5.91 Å². The normalized spacial score (nSPS) is 14.5. The highest BCUT2D eigenvalue weighted by Gasteiger charge is 2.23. The van der Waals surface area contributed by atoms with Gasteiger partial charge >= 0.3 is 0 Å². The number of rotatable bonds is 2. The molecule has 17 heavy (non-hydrogen) atoms. The van der Waals surface area contributed by atoms with Gasteiger partial charge in [0.15, 0.2) is 0 Å². The molecule has 1 aliphatic heterocycles. The summed E-state index contributed by atoms with van der Waals surface area (Å²) >= 11 is 3.40. The summed E-state index contributed by atoms with van der Waals surface area (Å²) in [5, 5.41) is 0. The molecule has 0 aliphatic carbocycles. The average molecular weight is 298 g/mol. The van der Waals surface area contributed by atoms with Crippen LogP contribution in [-0.2, 0) is 4.79 Å². The Kier molecular flexibility index (Phi) is 3.72. The van der Waals surface area contributed by atoms with Crippen LogP contribution in [0.2, 0.25) is 0 Å². The topological polar surface area (TPSA) is 29.5 Å². The number of carbonyl (C=O) groups is 1. The Labute approximate surface area is 110 Å². The van der Waals surface area contributed by atoms with Crippen molar-refractivity contribution in [3.8, 4) is 5.75 Å². The first-order valence-corrected chi connectivity index (χ1v) is 6.60. The third-order valence-corrected chi connectivity index (χ3v) is 3.16. The summed E-state index contributed by atoms with van der Waals surface area (Å²) in [6.45, 7) is 5.31. The quantitative estimate of drug-likeness (QED) is 0.839. The molecule has 4 heteroatoms. The zero-order chi connectivity index (χ0) is 12.4. The van der Waals surface area contributed by atoms with Crippen LogP contribution in [0.5, 0.6) is 5.75 Å². The van der Waals surface area contributed by atoms with Crippen molar-refractivity contribution in [2.75, 3.05) is 18.1 Å². The highest BCUT2D eigenvalue weighted by Crippen LogP contribution is 2.34. The van der Waals surface area contributed by atoms with Crippen LogP contribution >= 0.6 is 15.9 Å². The van der Waals surface area contributed by atoms with Crippen molar-refractivity contribution in [2.45, 2.75) is 20.3 Å². The molecule has 0 unspecified atom stereocenters. The number of amides is 1. The van der Waals surface area contributed by atoms with Crippen LogP contribution in [0, 0.1) is 5.92 Å². The Morgan fingerprint density at radius 3 is 3.00 bits per heavy atom. The number of nitrogens with zero attached hydrogens (tertiary/aromatic N) is 1. The number of ether oxygens (including phenoxy) is 1. The number of benzene rings is 1. The van der Waals surface area contributed by atoms with E-state index in [0.29, 0.717) is 25.5 Å². The molecule has 1 aromatic carbocycles. The van der Waals surface area contributed by atoms with Crippen LogP contribution in [0.1, 0.15) is 20.3 Å². The van der Waals surface area contributed by atoms with Gasteiger partial charge in [0.05, 0.1) is 12.2 Å². The van der Waals surface area contributed by atoms with E-state index in [4.69, 9.17) is 4.74 Å². The van der Waals surface area contributed by atoms with Gasteiger partial charge in [0, 0.05) is 10.9 Å². The van der Waals surface area contributed by atoms with Crippen LogP contribution in [0.15, 0.2) is 22.7 Å². The first-order valence-electron chi connectivity index (χ1n) is 5.80. The van der Waals surface area contributed by atoms with Crippen LogP contribution in [0.25, 0.3) is 0 Å². The Hall–Kier alpha value is -1.03. The molecule has 3 nitrogen and oxygen atoms in total. The van der Waals surface area contributed by atoms with Crippen molar-refractivity contribution < 1.29 is 9.53 Å². The predicted molar refractivity (Wildman–Crippen MR) is 71.4 cm³/mol. The summed E-state index contributed by atoms with van der Waals surface area (Å²) < 4.78 is 6.53. The van der Waals surface area contributed by atoms with E-state index in [1.54, 1.807) is 0 Å². The third kappa shape index (κ3) is 2.80. The fourth-order valence-electron chi connectivity index (χ4n) is 1.91. The summed E-state index contributed by atoms with van der Waals surface area (Å²) in [5.41, 5.74) is 0.880. The third-order valence-electron chi connectivity index (χ3n) is 2.67. The SMILES string of the molecule is CC(C)CC(=O)N1CCOc2cc(Br)ccc21. The number of hydrogen-bond acceptors (Lipinski definition) is 2. The standard InChI is InChI=1S/C13H16BrNO2/c1-9(2)7-13(16)15-5-6-17-12-8-10(14)3-4-11(12)15/h3-4,8-9H,5-7H2,1-2H3. The van der Waals surface area contributed by atoms with E-state index in [-0.39, 0.29) is 5.91 Å². The molecule has 0 spiro atoms. The van der Waals surface area contributed by atoms with Gasteiger partial charge in [0.25, 0.3) is 0 Å². The minimum absolute atomic E-state index is 0.173. The molecular formula is C13H16BrNO2. The molecule has 1 aliphatic rings. The van der Waals surface area contributed by atoms with Gasteiger partial charge in [-0.15, -0.1) is 0 Å². The second kappa shape index (κ2) is 5.08. The molecule has 1 heterocycles. The van der Waals surface area contributed by atoms with Gasteiger partial charge in [-0.25, -0.2) is 0 Å². The highest BCUT2D eigenvalue weighted by atomic mass is 79.9. The maximum absolute atomic E-state index is 12.1.